The molecule has 3 amide bonds. The number of nitrogens with zero attached hydrogens (tertiary/aromatic N) is 4. The molecule has 11 heteroatoms. The zero-order chi connectivity index (χ0) is 23.3. The molecule has 5 rings (SSSR count). The third-order valence-electron chi connectivity index (χ3n) is 6.05. The van der Waals surface area contributed by atoms with Crippen LogP contribution in [-0.4, -0.2) is 76.4 Å². The number of piperidine rings is 1. The highest BCUT2D eigenvalue weighted by Gasteiger charge is 2.27. The number of rotatable bonds is 5. The second kappa shape index (κ2) is 10.3. The Bertz CT molecular complexity index is 1120. The van der Waals surface area contributed by atoms with Crippen LogP contribution in [0.5, 0.6) is 0 Å². The minimum absolute atomic E-state index is 0.158. The molecule has 3 aromatic rings. The van der Waals surface area contributed by atoms with E-state index in [2.05, 4.69) is 25.9 Å². The quantitative estimate of drug-likeness (QED) is 0.516. The van der Waals surface area contributed by atoms with Gasteiger partial charge in [-0.15, -0.1) is 11.3 Å². The summed E-state index contributed by atoms with van der Waals surface area (Å²) in [5, 5.41) is 14.7. The number of anilines is 1. The maximum atomic E-state index is 12.7. The highest BCUT2D eigenvalue weighted by atomic mass is 32.1. The molecule has 2 aliphatic heterocycles. The first kappa shape index (κ1) is 22.5. The Hall–Kier alpha value is -3.28. The third-order valence-corrected chi connectivity index (χ3v) is 7.06. The largest absolute Gasteiger partial charge is 0.379 e. The number of carbonyl (C=O) groups is 2. The molecular formula is C23H27N7O3S. The molecule has 34 heavy (non-hydrogen) atoms. The van der Waals surface area contributed by atoms with E-state index < -0.39 is 0 Å². The summed E-state index contributed by atoms with van der Waals surface area (Å²) >= 11 is 1.51. The fraction of sp³-hybridized carbons (Fsp3) is 0.391. The molecule has 1 aromatic carbocycles. The van der Waals surface area contributed by atoms with Crippen molar-refractivity contribution in [2.24, 2.45) is 0 Å². The number of thiazole rings is 1. The summed E-state index contributed by atoms with van der Waals surface area (Å²) in [7, 11) is 0. The van der Waals surface area contributed by atoms with E-state index in [1.165, 1.54) is 11.3 Å². The van der Waals surface area contributed by atoms with Crippen molar-refractivity contribution >= 4 is 29.1 Å². The Morgan fingerprint density at radius 1 is 1.09 bits per heavy atom. The molecule has 0 saturated carbocycles. The van der Waals surface area contributed by atoms with Crippen molar-refractivity contribution in [1.82, 2.24) is 30.5 Å². The topological polar surface area (TPSA) is 115 Å². The van der Waals surface area contributed by atoms with Gasteiger partial charge in [0.25, 0.3) is 5.91 Å². The molecule has 3 N–H and O–H groups in total. The second-order valence-corrected chi connectivity index (χ2v) is 9.23. The van der Waals surface area contributed by atoms with E-state index in [0.717, 1.165) is 29.1 Å². The van der Waals surface area contributed by atoms with Crippen LogP contribution in [0.25, 0.3) is 11.3 Å². The molecule has 0 aliphatic carbocycles. The number of ether oxygens (including phenoxy) is 1. The van der Waals surface area contributed by atoms with Gasteiger partial charge in [-0.05, 0) is 18.4 Å². The van der Waals surface area contributed by atoms with Crippen LogP contribution in [-0.2, 0) is 4.74 Å². The number of H-pyrrole nitrogens is 1. The number of benzene rings is 1. The Morgan fingerprint density at radius 3 is 2.62 bits per heavy atom. The summed E-state index contributed by atoms with van der Waals surface area (Å²) in [5.41, 5.74) is 5.21. The van der Waals surface area contributed by atoms with E-state index in [-0.39, 0.29) is 17.9 Å². The third kappa shape index (κ3) is 5.27. The number of likely N-dealkylation sites (tertiary alicyclic amines) is 1. The number of aromatic nitrogens is 3. The lowest BCUT2D eigenvalue weighted by atomic mass is 9.98. The van der Waals surface area contributed by atoms with Crippen LogP contribution in [0.4, 0.5) is 10.6 Å². The summed E-state index contributed by atoms with van der Waals surface area (Å²) in [6.07, 6.45) is 1.61. The highest BCUT2D eigenvalue weighted by molar-refractivity contribution is 7.09. The highest BCUT2D eigenvalue weighted by Crippen LogP contribution is 2.30. The molecule has 178 valence electrons. The summed E-state index contributed by atoms with van der Waals surface area (Å²) in [5.74, 6) is 0.561. The van der Waals surface area contributed by atoms with Crippen LogP contribution in [0.1, 0.15) is 34.3 Å². The van der Waals surface area contributed by atoms with Crippen molar-refractivity contribution in [1.29, 1.82) is 0 Å². The number of carbonyl (C=O) groups excluding carboxylic acids is 2. The average molecular weight is 482 g/mol. The summed E-state index contributed by atoms with van der Waals surface area (Å²) in [6, 6.07) is 11.5. The Labute approximate surface area is 201 Å². The SMILES string of the molecule is O=C(NN1CCOCC1)c1csc(C2CCN(C(=O)Nc3cc(-c4ccccc4)[nH]n3)CC2)n1. The van der Waals surface area contributed by atoms with E-state index in [9.17, 15) is 9.59 Å². The normalized spacial score (nSPS) is 17.5. The Kier molecular flexibility index (Phi) is 6.84. The smallest absolute Gasteiger partial charge is 0.323 e. The molecule has 0 unspecified atom stereocenters. The lowest BCUT2D eigenvalue weighted by Gasteiger charge is -2.30. The molecule has 2 aliphatic rings. The molecule has 0 radical (unpaired) electrons. The van der Waals surface area contributed by atoms with Crippen LogP contribution in [0, 0.1) is 0 Å². The van der Waals surface area contributed by atoms with Crippen molar-refractivity contribution in [3.05, 3.63) is 52.5 Å². The van der Waals surface area contributed by atoms with E-state index in [1.807, 2.05) is 46.8 Å². The average Bonchev–Trinajstić information content (AvgIpc) is 3.56. The summed E-state index contributed by atoms with van der Waals surface area (Å²) in [4.78, 5) is 31.6. The molecule has 4 heterocycles. The molecule has 10 nitrogen and oxygen atoms in total. The van der Waals surface area contributed by atoms with Gasteiger partial charge in [-0.25, -0.2) is 14.8 Å². The first-order chi connectivity index (χ1) is 16.7. The number of amides is 3. The Balaban J connectivity index is 1.11. The fourth-order valence-corrected chi connectivity index (χ4v) is 5.10. The minimum atomic E-state index is -0.185. The van der Waals surface area contributed by atoms with E-state index in [4.69, 9.17) is 4.74 Å². The van der Waals surface area contributed by atoms with Gasteiger partial charge in [-0.1, -0.05) is 30.3 Å². The van der Waals surface area contributed by atoms with Gasteiger partial charge in [0, 0.05) is 43.5 Å². The van der Waals surface area contributed by atoms with Crippen molar-refractivity contribution < 1.29 is 14.3 Å². The number of hydrogen-bond acceptors (Lipinski definition) is 7. The van der Waals surface area contributed by atoms with Gasteiger partial charge in [-0.2, -0.15) is 5.10 Å². The number of urea groups is 1. The second-order valence-electron chi connectivity index (χ2n) is 8.34. The number of hydrazine groups is 1. The van der Waals surface area contributed by atoms with Crippen LogP contribution >= 0.6 is 11.3 Å². The molecule has 0 spiro atoms. The van der Waals surface area contributed by atoms with Gasteiger partial charge >= 0.3 is 6.03 Å². The molecule has 2 aromatic heterocycles. The van der Waals surface area contributed by atoms with Gasteiger partial charge in [-0.3, -0.25) is 20.6 Å². The van der Waals surface area contributed by atoms with Crippen molar-refractivity contribution in [3.63, 3.8) is 0 Å². The summed E-state index contributed by atoms with van der Waals surface area (Å²) < 4.78 is 5.30. The maximum Gasteiger partial charge on any atom is 0.323 e. The van der Waals surface area contributed by atoms with Crippen LogP contribution in [0.3, 0.4) is 0 Å². The predicted octanol–water partition coefficient (Wildman–Crippen LogP) is 2.92. The van der Waals surface area contributed by atoms with Gasteiger partial charge < -0.3 is 9.64 Å². The zero-order valence-corrected chi connectivity index (χ0v) is 19.5. The van der Waals surface area contributed by atoms with Gasteiger partial charge in [0.1, 0.15) is 5.69 Å². The van der Waals surface area contributed by atoms with E-state index in [1.54, 1.807) is 4.90 Å². The first-order valence-corrected chi connectivity index (χ1v) is 12.3. The number of nitrogens with one attached hydrogen (secondary N) is 3. The monoisotopic (exact) mass is 481 g/mol. The van der Waals surface area contributed by atoms with Crippen molar-refractivity contribution in [2.75, 3.05) is 44.7 Å². The number of morpholine rings is 1. The molecule has 2 saturated heterocycles. The predicted molar refractivity (Wildman–Crippen MR) is 129 cm³/mol. The van der Waals surface area contributed by atoms with Gasteiger partial charge in [0.15, 0.2) is 5.82 Å². The van der Waals surface area contributed by atoms with E-state index in [0.29, 0.717) is 50.9 Å². The Morgan fingerprint density at radius 2 is 1.85 bits per heavy atom. The molecule has 0 atom stereocenters. The molecular weight excluding hydrogens is 454 g/mol. The summed E-state index contributed by atoms with van der Waals surface area (Å²) in [6.45, 7) is 3.83. The van der Waals surface area contributed by atoms with Crippen LogP contribution < -0.4 is 10.7 Å². The maximum absolute atomic E-state index is 12.7. The van der Waals surface area contributed by atoms with E-state index >= 15 is 0 Å². The zero-order valence-electron chi connectivity index (χ0n) is 18.7. The lowest BCUT2D eigenvalue weighted by molar-refractivity contribution is 0.0125. The number of aromatic amines is 1. The van der Waals surface area contributed by atoms with Gasteiger partial charge in [0.2, 0.25) is 0 Å². The van der Waals surface area contributed by atoms with Gasteiger partial charge in [0.05, 0.1) is 23.9 Å². The fourth-order valence-electron chi connectivity index (χ4n) is 4.12. The first-order valence-electron chi connectivity index (χ1n) is 11.4. The standard InChI is InChI=1S/C23H27N7O3S/c31-21(28-30-10-12-33-13-11-30)19-15-34-22(24-19)17-6-8-29(9-7-17)23(32)25-20-14-18(26-27-20)16-4-2-1-3-5-16/h1-5,14-15,17H,6-13H2,(H,28,31)(H2,25,26,27,32). The van der Waals surface area contributed by atoms with Crippen LogP contribution in [0.2, 0.25) is 0 Å². The molecule has 2 fully saturated rings. The van der Waals surface area contributed by atoms with Crippen molar-refractivity contribution in [3.8, 4) is 11.3 Å². The van der Waals surface area contributed by atoms with Crippen LogP contribution in [0.15, 0.2) is 41.8 Å². The number of hydrogen-bond donors (Lipinski definition) is 3. The minimum Gasteiger partial charge on any atom is -0.379 e. The molecule has 0 bridgehead atoms. The van der Waals surface area contributed by atoms with Crippen molar-refractivity contribution in [2.45, 2.75) is 18.8 Å². The lowest BCUT2D eigenvalue weighted by Crippen LogP contribution is -2.48.